The Hall–Kier alpha value is -2.81. The molecule has 0 saturated heterocycles. The van der Waals surface area contributed by atoms with Crippen LogP contribution in [0.2, 0.25) is 0 Å². The van der Waals surface area contributed by atoms with E-state index in [-0.39, 0.29) is 17.2 Å². The highest BCUT2D eigenvalue weighted by molar-refractivity contribution is 6.10. The van der Waals surface area contributed by atoms with Gasteiger partial charge in [-0.05, 0) is 36.4 Å². The summed E-state index contributed by atoms with van der Waals surface area (Å²) in [4.78, 5) is 12.5. The molecule has 0 aliphatic carbocycles. The van der Waals surface area contributed by atoms with E-state index < -0.39 is 0 Å². The van der Waals surface area contributed by atoms with Gasteiger partial charge in [-0.1, -0.05) is 48.5 Å². The van der Waals surface area contributed by atoms with Crippen molar-refractivity contribution in [2.24, 2.45) is 0 Å². The van der Waals surface area contributed by atoms with Crippen LogP contribution < -0.4 is 5.32 Å². The average molecular weight is 291 g/mol. The zero-order valence-corrected chi connectivity index (χ0v) is 12.6. The number of anilines is 1. The second-order valence-corrected chi connectivity index (χ2v) is 5.40. The van der Waals surface area contributed by atoms with Crippen LogP contribution in [0.5, 0.6) is 5.75 Å². The quantitative estimate of drug-likeness (QED) is 0.734. The first-order valence-electron chi connectivity index (χ1n) is 7.16. The molecule has 0 unspecified atom stereocenters. The summed E-state index contributed by atoms with van der Waals surface area (Å²) in [5.74, 6) is -0.289. The van der Waals surface area contributed by atoms with E-state index in [0.717, 1.165) is 22.2 Å². The molecule has 0 spiro atoms. The average Bonchev–Trinajstić information content (AvgIpc) is 2.51. The molecule has 0 fully saturated rings. The van der Waals surface area contributed by atoms with Gasteiger partial charge in [0.05, 0.1) is 5.56 Å². The van der Waals surface area contributed by atoms with Gasteiger partial charge in [0.25, 0.3) is 5.91 Å². The van der Waals surface area contributed by atoms with Crippen molar-refractivity contribution < 1.29 is 9.90 Å². The number of benzene rings is 3. The third-order valence-electron chi connectivity index (χ3n) is 3.86. The lowest BCUT2D eigenvalue weighted by atomic mass is 10.0. The number of para-hydroxylation sites is 1. The molecule has 3 aromatic carbocycles. The van der Waals surface area contributed by atoms with E-state index >= 15 is 0 Å². The Morgan fingerprint density at radius 1 is 0.909 bits per heavy atom. The molecule has 0 aliphatic heterocycles. The third kappa shape index (κ3) is 2.42. The largest absolute Gasteiger partial charge is 0.506 e. The molecule has 3 nitrogen and oxygen atoms in total. The van der Waals surface area contributed by atoms with Crippen LogP contribution in [-0.2, 0) is 0 Å². The second-order valence-electron chi connectivity index (χ2n) is 5.40. The van der Waals surface area contributed by atoms with Crippen molar-refractivity contribution >= 4 is 22.4 Å². The first-order valence-corrected chi connectivity index (χ1v) is 7.16. The molecule has 3 heteroatoms. The van der Waals surface area contributed by atoms with E-state index in [0.29, 0.717) is 5.39 Å². The van der Waals surface area contributed by atoms with Crippen molar-refractivity contribution in [3.05, 3.63) is 71.3 Å². The molecule has 0 saturated carbocycles. The Morgan fingerprint density at radius 2 is 1.59 bits per heavy atom. The Kier molecular flexibility index (Phi) is 3.55. The lowest BCUT2D eigenvalue weighted by Gasteiger charge is -2.13. The van der Waals surface area contributed by atoms with E-state index in [9.17, 15) is 9.90 Å². The summed E-state index contributed by atoms with van der Waals surface area (Å²) in [6.45, 7) is 3.89. The first kappa shape index (κ1) is 14.1. The summed E-state index contributed by atoms with van der Waals surface area (Å²) in [7, 11) is 0. The third-order valence-corrected chi connectivity index (χ3v) is 3.86. The number of carbonyl (C=O) groups excluding carboxylic acids is 1. The summed E-state index contributed by atoms with van der Waals surface area (Å²) in [5.41, 5.74) is 3.06. The Balaban J connectivity index is 2.01. The standard InChI is InChI=1S/C19H17NO2/c1-12-6-5-7-13(2)17(12)20-19(22)16-11-10-14-8-3-4-9-15(14)18(16)21/h3-11,21H,1-2H3,(H,20,22). The summed E-state index contributed by atoms with van der Waals surface area (Å²) in [6, 6.07) is 16.8. The van der Waals surface area contributed by atoms with Crippen LogP contribution >= 0.6 is 0 Å². The molecule has 0 heterocycles. The van der Waals surface area contributed by atoms with Crippen LogP contribution in [0.25, 0.3) is 10.8 Å². The van der Waals surface area contributed by atoms with E-state index in [1.807, 2.05) is 56.3 Å². The first-order chi connectivity index (χ1) is 10.6. The van der Waals surface area contributed by atoms with E-state index in [4.69, 9.17) is 0 Å². The topological polar surface area (TPSA) is 49.3 Å². The van der Waals surface area contributed by atoms with Crippen molar-refractivity contribution in [3.63, 3.8) is 0 Å². The Labute approximate surface area is 129 Å². The number of hydrogen-bond acceptors (Lipinski definition) is 2. The normalized spacial score (nSPS) is 10.6. The monoisotopic (exact) mass is 291 g/mol. The van der Waals surface area contributed by atoms with Crippen molar-refractivity contribution in [1.29, 1.82) is 0 Å². The fourth-order valence-corrected chi connectivity index (χ4v) is 2.63. The van der Waals surface area contributed by atoms with Crippen molar-refractivity contribution in [3.8, 4) is 5.75 Å². The molecule has 0 aromatic heterocycles. The lowest BCUT2D eigenvalue weighted by molar-refractivity contribution is 0.102. The lowest BCUT2D eigenvalue weighted by Crippen LogP contribution is -2.14. The molecule has 0 radical (unpaired) electrons. The van der Waals surface area contributed by atoms with Crippen molar-refractivity contribution in [2.45, 2.75) is 13.8 Å². The number of fused-ring (bicyclic) bond motifs is 1. The maximum atomic E-state index is 12.5. The van der Waals surface area contributed by atoms with Crippen LogP contribution in [0, 0.1) is 13.8 Å². The highest BCUT2D eigenvalue weighted by atomic mass is 16.3. The van der Waals surface area contributed by atoms with Gasteiger partial charge in [-0.15, -0.1) is 0 Å². The van der Waals surface area contributed by atoms with Gasteiger partial charge < -0.3 is 10.4 Å². The minimum absolute atomic E-state index is 0.0156. The molecule has 0 atom stereocenters. The molecular formula is C19H17NO2. The van der Waals surface area contributed by atoms with Crippen LogP contribution in [-0.4, -0.2) is 11.0 Å². The second kappa shape index (κ2) is 5.53. The number of aryl methyl sites for hydroxylation is 2. The molecule has 0 aliphatic rings. The summed E-state index contributed by atoms with van der Waals surface area (Å²) >= 11 is 0. The molecule has 22 heavy (non-hydrogen) atoms. The number of hydrogen-bond donors (Lipinski definition) is 2. The van der Waals surface area contributed by atoms with E-state index in [1.165, 1.54) is 0 Å². The summed E-state index contributed by atoms with van der Waals surface area (Å²) in [6.07, 6.45) is 0. The van der Waals surface area contributed by atoms with Gasteiger partial charge >= 0.3 is 0 Å². The highest BCUT2D eigenvalue weighted by Gasteiger charge is 2.15. The Bertz CT molecular complexity index is 848. The maximum absolute atomic E-state index is 12.5. The summed E-state index contributed by atoms with van der Waals surface area (Å²) < 4.78 is 0. The highest BCUT2D eigenvalue weighted by Crippen LogP contribution is 2.29. The van der Waals surface area contributed by atoms with Gasteiger partial charge in [0.15, 0.2) is 0 Å². The number of rotatable bonds is 2. The molecule has 3 rings (SSSR count). The van der Waals surface area contributed by atoms with Gasteiger partial charge in [0.1, 0.15) is 5.75 Å². The fraction of sp³-hybridized carbons (Fsp3) is 0.105. The van der Waals surface area contributed by atoms with Crippen LogP contribution in [0.1, 0.15) is 21.5 Å². The Morgan fingerprint density at radius 3 is 2.32 bits per heavy atom. The van der Waals surface area contributed by atoms with Gasteiger partial charge in [0, 0.05) is 11.1 Å². The molecule has 2 N–H and O–H groups in total. The minimum Gasteiger partial charge on any atom is -0.506 e. The van der Waals surface area contributed by atoms with E-state index in [2.05, 4.69) is 5.32 Å². The fourth-order valence-electron chi connectivity index (χ4n) is 2.63. The molecule has 3 aromatic rings. The van der Waals surface area contributed by atoms with Gasteiger partial charge in [-0.2, -0.15) is 0 Å². The molecule has 1 amide bonds. The zero-order valence-electron chi connectivity index (χ0n) is 12.6. The number of phenols is 1. The predicted molar refractivity (Wildman–Crippen MR) is 89.5 cm³/mol. The van der Waals surface area contributed by atoms with Crippen LogP contribution in [0.4, 0.5) is 5.69 Å². The van der Waals surface area contributed by atoms with Crippen molar-refractivity contribution in [1.82, 2.24) is 0 Å². The van der Waals surface area contributed by atoms with Crippen LogP contribution in [0.3, 0.4) is 0 Å². The van der Waals surface area contributed by atoms with Crippen LogP contribution in [0.15, 0.2) is 54.6 Å². The van der Waals surface area contributed by atoms with Gasteiger partial charge in [-0.25, -0.2) is 0 Å². The predicted octanol–water partition coefficient (Wildman–Crippen LogP) is 4.41. The summed E-state index contributed by atoms with van der Waals surface area (Å²) in [5, 5.41) is 14.9. The van der Waals surface area contributed by atoms with Crippen molar-refractivity contribution in [2.75, 3.05) is 5.32 Å². The van der Waals surface area contributed by atoms with Gasteiger partial charge in [-0.3, -0.25) is 4.79 Å². The molecular weight excluding hydrogens is 274 g/mol. The maximum Gasteiger partial charge on any atom is 0.259 e. The zero-order chi connectivity index (χ0) is 15.7. The number of carbonyl (C=O) groups is 1. The smallest absolute Gasteiger partial charge is 0.259 e. The SMILES string of the molecule is Cc1cccc(C)c1NC(=O)c1ccc2ccccc2c1O. The van der Waals surface area contributed by atoms with E-state index in [1.54, 1.807) is 12.1 Å². The number of phenolic OH excluding ortho intramolecular Hbond substituents is 1. The van der Waals surface area contributed by atoms with Gasteiger partial charge in [0.2, 0.25) is 0 Å². The molecule has 110 valence electrons. The number of amides is 1. The number of nitrogens with one attached hydrogen (secondary N) is 1. The molecule has 0 bridgehead atoms. The minimum atomic E-state index is -0.305. The number of aromatic hydroxyl groups is 1.